The monoisotopic (exact) mass is 1260 g/mol. The second kappa shape index (κ2) is 36.0. The van der Waals surface area contributed by atoms with Crippen molar-refractivity contribution in [1.82, 2.24) is 55.6 Å². The fraction of sp³-hybridized carbons (Fsp3) is 0.797. The molecule has 0 spiro atoms. The Hall–Kier alpha value is -6.21. The van der Waals surface area contributed by atoms with Gasteiger partial charge >= 0.3 is 0 Å². The molecule has 1 unspecified atom stereocenters. The summed E-state index contributed by atoms with van der Waals surface area (Å²) < 4.78 is 0. The van der Waals surface area contributed by atoms with Crippen molar-refractivity contribution in [2.24, 2.45) is 35.5 Å². The maximum Gasteiger partial charge on any atom is 0.248 e. The molecular weight excluding hydrogens is 1150 g/mol. The zero-order valence-electron chi connectivity index (χ0n) is 58.2. The molecule has 7 N–H and O–H groups in total. The van der Waals surface area contributed by atoms with E-state index in [9.17, 15) is 53.7 Å². The molecule has 1 heterocycles. The van der Waals surface area contributed by atoms with Crippen LogP contribution in [0.5, 0.6) is 0 Å². The normalized spacial score (nSPS) is 27.2. The number of carbonyl (C=O) groups excluding carboxylic acids is 11. The topological polar surface area (TPSA) is 319 Å². The van der Waals surface area contributed by atoms with Crippen LogP contribution in [0, 0.1) is 35.5 Å². The first-order valence-corrected chi connectivity index (χ1v) is 31.7. The molecule has 1 fully saturated rings. The molecule has 510 valence electrons. The van der Waals surface area contributed by atoms with Crippen LogP contribution in [0.3, 0.4) is 0 Å². The van der Waals surface area contributed by atoms with E-state index in [-0.39, 0.29) is 49.9 Å². The van der Waals surface area contributed by atoms with Gasteiger partial charge in [-0.2, -0.15) is 0 Å². The number of aliphatic hydroxyl groups excluding tert-OH is 2. The first kappa shape index (κ1) is 80.8. The smallest absolute Gasteiger partial charge is 0.248 e. The molecule has 0 aromatic heterocycles. The fourth-order valence-corrected chi connectivity index (χ4v) is 11.1. The lowest BCUT2D eigenvalue weighted by Crippen LogP contribution is -2.64. The minimum atomic E-state index is -1.70. The van der Waals surface area contributed by atoms with Crippen molar-refractivity contribution >= 4 is 65.0 Å². The number of aliphatic hydroxyl groups is 3. The van der Waals surface area contributed by atoms with Crippen LogP contribution in [0.15, 0.2) is 12.2 Å². The first-order valence-electron chi connectivity index (χ1n) is 31.7. The summed E-state index contributed by atoms with van der Waals surface area (Å²) in [6.45, 7) is 27.6. The number of amides is 11. The van der Waals surface area contributed by atoms with Crippen molar-refractivity contribution in [1.29, 1.82) is 0 Å². The molecule has 1 aliphatic rings. The number of nitrogens with zero attached hydrogens (tertiary/aromatic N) is 7. The zero-order valence-corrected chi connectivity index (χ0v) is 58.2. The summed E-state index contributed by atoms with van der Waals surface area (Å²) in [5, 5.41) is 45.0. The number of hydrogen-bond donors (Lipinski definition) is 7. The minimum Gasteiger partial charge on any atom is -0.394 e. The number of likely N-dealkylation sites (N-methyl/N-ethyl adjacent to an activating group) is 7. The quantitative estimate of drug-likeness (QED) is 0.103. The summed E-state index contributed by atoms with van der Waals surface area (Å²) in [6.07, 6.45) is 2.56. The molecule has 1 saturated heterocycles. The van der Waals surface area contributed by atoms with Crippen molar-refractivity contribution in [2.75, 3.05) is 55.9 Å². The first-order chi connectivity index (χ1) is 41.0. The Bertz CT molecular complexity index is 2450. The fourth-order valence-electron chi connectivity index (χ4n) is 11.1. The molecule has 0 saturated carbocycles. The maximum atomic E-state index is 15.2. The summed E-state index contributed by atoms with van der Waals surface area (Å²) in [5.41, 5.74) is -1.63. The lowest BCUT2D eigenvalue weighted by molar-refractivity contribution is -0.157. The van der Waals surface area contributed by atoms with Crippen molar-refractivity contribution in [3.05, 3.63) is 12.2 Å². The van der Waals surface area contributed by atoms with E-state index >= 15 is 14.4 Å². The molecule has 89 heavy (non-hydrogen) atoms. The van der Waals surface area contributed by atoms with Gasteiger partial charge in [-0.1, -0.05) is 95.2 Å². The van der Waals surface area contributed by atoms with Crippen LogP contribution in [-0.2, 0) is 52.7 Å². The lowest BCUT2D eigenvalue weighted by Gasteiger charge is -2.41. The minimum absolute atomic E-state index is 0.0531. The Morgan fingerprint density at radius 2 is 0.944 bits per heavy atom. The van der Waals surface area contributed by atoms with Crippen LogP contribution < -0.4 is 21.3 Å². The van der Waals surface area contributed by atoms with Crippen molar-refractivity contribution in [3.63, 3.8) is 0 Å². The molecule has 1 rings (SSSR count). The molecular formula is C64H115N11O14. The predicted octanol–water partition coefficient (Wildman–Crippen LogP) is 2.13. The van der Waals surface area contributed by atoms with Gasteiger partial charge in [0.05, 0.1) is 18.3 Å². The summed E-state index contributed by atoms with van der Waals surface area (Å²) in [7, 11) is 9.43. The number of allylic oxidation sites excluding steroid dienone is 2. The van der Waals surface area contributed by atoms with E-state index in [2.05, 4.69) is 21.3 Å². The van der Waals surface area contributed by atoms with E-state index in [1.165, 1.54) is 91.7 Å². The molecule has 0 radical (unpaired) electrons. The van der Waals surface area contributed by atoms with Crippen molar-refractivity contribution in [2.45, 2.75) is 241 Å². The third kappa shape index (κ3) is 22.6. The van der Waals surface area contributed by atoms with Crippen LogP contribution in [-0.4, -0.2) is 249 Å². The van der Waals surface area contributed by atoms with Crippen LogP contribution in [0.1, 0.15) is 163 Å². The number of nitrogens with one attached hydrogen (secondary N) is 4. The highest BCUT2D eigenvalue weighted by Gasteiger charge is 2.46. The van der Waals surface area contributed by atoms with Gasteiger partial charge in [-0.3, -0.25) is 52.7 Å². The van der Waals surface area contributed by atoms with Crippen LogP contribution >= 0.6 is 0 Å². The largest absolute Gasteiger partial charge is 0.394 e. The number of carbonyl (C=O) groups is 11. The highest BCUT2D eigenvalue weighted by molar-refractivity contribution is 6.00. The number of hydrogen-bond acceptors (Lipinski definition) is 14. The Labute approximate surface area is 531 Å². The van der Waals surface area contributed by atoms with Crippen LogP contribution in [0.25, 0.3) is 0 Å². The Morgan fingerprint density at radius 1 is 0.494 bits per heavy atom. The average Bonchev–Trinajstić information content (AvgIpc) is 1.69. The van der Waals surface area contributed by atoms with E-state index in [1.807, 2.05) is 41.5 Å². The second-order valence-electron chi connectivity index (χ2n) is 27.2. The lowest BCUT2D eigenvalue weighted by atomic mass is 9.91. The van der Waals surface area contributed by atoms with E-state index in [4.69, 9.17) is 0 Å². The Balaban J connectivity index is 4.47. The third-order valence-electron chi connectivity index (χ3n) is 16.9. The summed E-state index contributed by atoms with van der Waals surface area (Å²) >= 11 is 0. The van der Waals surface area contributed by atoms with E-state index < -0.39 is 174 Å². The molecule has 0 aliphatic carbocycles. The van der Waals surface area contributed by atoms with Gasteiger partial charge in [-0.05, 0) is 109 Å². The van der Waals surface area contributed by atoms with Crippen molar-refractivity contribution < 1.29 is 68.1 Å². The van der Waals surface area contributed by atoms with Gasteiger partial charge in [0.25, 0.3) is 0 Å². The summed E-state index contributed by atoms with van der Waals surface area (Å²) in [6, 6.07) is -15.1. The number of rotatable bonds is 17. The SMILES string of the molecule is C/C=C/C[C@@H](C)[C@@H](O)C1C(=O)N[C@H](CC)C(=O)N(C)[C@H](CO)C(=O)N(C)[C@@H](CC(C)(C)O)C(=O)N[C@H](C(C)C)C(=O)N(C)[C@H](CC(C)C)C(=O)N[C@H](C)C(=O)N[C@@H](C)C(=O)N(C)[C@@H](CC(C)C)C(=O)N(C)[C@H](CCC(C)C)C(=O)N(C)[C@H](C(C)C)C(=O)N1C. The van der Waals surface area contributed by atoms with Crippen LogP contribution in [0.2, 0.25) is 0 Å². The maximum absolute atomic E-state index is 15.2. The molecule has 13 atom stereocenters. The summed E-state index contributed by atoms with van der Waals surface area (Å²) in [4.78, 5) is 169. The summed E-state index contributed by atoms with van der Waals surface area (Å²) in [5.74, 6) is -10.8. The molecule has 0 aromatic rings. The molecule has 0 bridgehead atoms. The van der Waals surface area contributed by atoms with Crippen molar-refractivity contribution in [3.8, 4) is 0 Å². The molecule has 0 aromatic carbocycles. The van der Waals surface area contributed by atoms with Gasteiger partial charge in [0.1, 0.15) is 66.5 Å². The highest BCUT2D eigenvalue weighted by Crippen LogP contribution is 2.26. The van der Waals surface area contributed by atoms with Gasteiger partial charge in [0.15, 0.2) is 0 Å². The molecule has 25 nitrogen and oxygen atoms in total. The van der Waals surface area contributed by atoms with Gasteiger partial charge in [-0.15, -0.1) is 0 Å². The van der Waals surface area contributed by atoms with Crippen LogP contribution in [0.4, 0.5) is 0 Å². The van der Waals surface area contributed by atoms with E-state index in [1.54, 1.807) is 60.6 Å². The Kier molecular flexibility index (Phi) is 32.7. The average molecular weight is 1260 g/mol. The van der Waals surface area contributed by atoms with E-state index in [0.717, 1.165) is 19.6 Å². The molecule has 1 aliphatic heterocycles. The second-order valence-corrected chi connectivity index (χ2v) is 27.2. The highest BCUT2D eigenvalue weighted by atomic mass is 16.3. The van der Waals surface area contributed by atoms with Gasteiger partial charge in [-0.25, -0.2) is 0 Å². The van der Waals surface area contributed by atoms with Gasteiger partial charge < -0.3 is 70.9 Å². The standard InChI is InChI=1S/C64H115N11O14/c1-25-27-28-40(13)52(77)51-56(81)67-43(26-2)58(83)73(22)48(34-76)61(86)72(21)47(33-64(16,17)89)55(80)68-49(38(9)10)62(87)70(19)45(31-36(5)6)54(79)65-41(14)53(78)66-42(15)57(82)71(20)46(32-37(7)8)60(85)69(18)44(30-29-35(3)4)59(84)74(23)50(39(11)12)63(88)75(51)24/h25,27,35-52,76-77,89H,26,28-34H2,1-24H3,(H,65,79)(H,66,78)(H,67,81)(H,68,80)/b27-25+/t40-,41-,42+,43-,44-,45-,46+,47+,48-,49-,50-,51?,52-/m1/s1. The van der Waals surface area contributed by atoms with E-state index in [0.29, 0.717) is 6.42 Å². The third-order valence-corrected chi connectivity index (χ3v) is 16.9. The van der Waals surface area contributed by atoms with Gasteiger partial charge in [0, 0.05) is 55.8 Å². The van der Waals surface area contributed by atoms with Gasteiger partial charge in [0.2, 0.25) is 65.0 Å². The zero-order chi connectivity index (χ0) is 69.2. The molecule has 11 amide bonds. The Morgan fingerprint density at radius 3 is 1.42 bits per heavy atom. The molecule has 25 heteroatoms. The predicted molar refractivity (Wildman–Crippen MR) is 341 cm³/mol.